The van der Waals surface area contributed by atoms with Crippen molar-refractivity contribution in [3.8, 4) is 0 Å². The van der Waals surface area contributed by atoms with Gasteiger partial charge in [-0.15, -0.1) is 0 Å². The maximum absolute atomic E-state index is 11.6. The van der Waals surface area contributed by atoms with Crippen molar-refractivity contribution in [2.45, 2.75) is 39.7 Å². The third-order valence-electron chi connectivity index (χ3n) is 3.76. The number of piperazine rings is 1. The first-order valence-electron chi connectivity index (χ1n) is 7.23. The normalized spacial score (nSPS) is 20.1. The Kier molecular flexibility index (Phi) is 6.65. The molecule has 1 saturated heterocycles. The van der Waals surface area contributed by atoms with Crippen LogP contribution in [0.4, 0.5) is 0 Å². The van der Waals surface area contributed by atoms with Crippen LogP contribution in [0, 0.1) is 5.92 Å². The molecule has 0 bridgehead atoms. The summed E-state index contributed by atoms with van der Waals surface area (Å²) in [6.07, 6.45) is 1.57. The predicted molar refractivity (Wildman–Crippen MR) is 75.6 cm³/mol. The lowest BCUT2D eigenvalue weighted by Gasteiger charge is -2.39. The smallest absolute Gasteiger partial charge is 0.220 e. The molecule has 1 heterocycles. The Morgan fingerprint density at radius 2 is 1.83 bits per heavy atom. The topological polar surface area (TPSA) is 35.6 Å². The minimum atomic E-state index is 0.192. The molecule has 1 aliphatic heterocycles. The van der Waals surface area contributed by atoms with Gasteiger partial charge >= 0.3 is 0 Å². The Morgan fingerprint density at radius 1 is 1.22 bits per heavy atom. The van der Waals surface area contributed by atoms with E-state index in [9.17, 15) is 4.79 Å². The lowest BCUT2D eigenvalue weighted by molar-refractivity contribution is -0.121. The van der Waals surface area contributed by atoms with Crippen LogP contribution in [0.2, 0.25) is 0 Å². The molecule has 4 heteroatoms. The molecular formula is C14H29N3O. The van der Waals surface area contributed by atoms with Gasteiger partial charge in [0.15, 0.2) is 0 Å². The molecule has 1 fully saturated rings. The number of rotatable bonds is 6. The molecule has 0 aromatic rings. The van der Waals surface area contributed by atoms with E-state index < -0.39 is 0 Å². The van der Waals surface area contributed by atoms with Gasteiger partial charge in [0, 0.05) is 45.2 Å². The quantitative estimate of drug-likeness (QED) is 0.774. The van der Waals surface area contributed by atoms with Gasteiger partial charge in [-0.25, -0.2) is 0 Å². The monoisotopic (exact) mass is 255 g/mol. The van der Waals surface area contributed by atoms with Crippen molar-refractivity contribution in [2.75, 3.05) is 39.8 Å². The molecule has 1 atom stereocenters. The van der Waals surface area contributed by atoms with Crippen LogP contribution in [0.3, 0.4) is 0 Å². The summed E-state index contributed by atoms with van der Waals surface area (Å²) in [7, 11) is 2.17. The number of carbonyl (C=O) groups is 1. The second-order valence-electron chi connectivity index (χ2n) is 5.70. The number of likely N-dealkylation sites (N-methyl/N-ethyl adjacent to an activating group) is 1. The highest BCUT2D eigenvalue weighted by Crippen LogP contribution is 2.12. The number of nitrogens with one attached hydrogen (secondary N) is 1. The highest BCUT2D eigenvalue weighted by atomic mass is 16.1. The van der Waals surface area contributed by atoms with Crippen molar-refractivity contribution in [3.63, 3.8) is 0 Å². The van der Waals surface area contributed by atoms with E-state index in [0.29, 0.717) is 18.4 Å². The zero-order valence-corrected chi connectivity index (χ0v) is 12.4. The summed E-state index contributed by atoms with van der Waals surface area (Å²) in [4.78, 5) is 16.5. The number of amides is 1. The molecule has 0 aromatic carbocycles. The van der Waals surface area contributed by atoms with Crippen LogP contribution in [-0.2, 0) is 4.79 Å². The van der Waals surface area contributed by atoms with Crippen LogP contribution in [-0.4, -0.2) is 61.5 Å². The standard InChI is InChI=1S/C14H29N3O/c1-5-6-14(18)15-11-13(12(2)3)17-9-7-16(4)8-10-17/h12-13H,5-11H2,1-4H3,(H,15,18). The minimum Gasteiger partial charge on any atom is -0.355 e. The average Bonchev–Trinajstić information content (AvgIpc) is 2.31. The van der Waals surface area contributed by atoms with E-state index in [2.05, 4.69) is 36.0 Å². The van der Waals surface area contributed by atoms with E-state index in [1.807, 2.05) is 6.92 Å². The Hall–Kier alpha value is -0.610. The fourth-order valence-corrected chi connectivity index (χ4v) is 2.47. The van der Waals surface area contributed by atoms with Gasteiger partial charge in [-0.05, 0) is 19.4 Å². The van der Waals surface area contributed by atoms with Gasteiger partial charge in [0.1, 0.15) is 0 Å². The molecule has 1 unspecified atom stereocenters. The predicted octanol–water partition coefficient (Wildman–Crippen LogP) is 1.17. The van der Waals surface area contributed by atoms with Crippen LogP contribution in [0.5, 0.6) is 0 Å². The van der Waals surface area contributed by atoms with E-state index >= 15 is 0 Å². The number of nitrogens with zero attached hydrogens (tertiary/aromatic N) is 2. The molecule has 1 rings (SSSR count). The van der Waals surface area contributed by atoms with Crippen LogP contribution in [0.1, 0.15) is 33.6 Å². The van der Waals surface area contributed by atoms with Gasteiger partial charge < -0.3 is 10.2 Å². The van der Waals surface area contributed by atoms with Gasteiger partial charge in [0.25, 0.3) is 0 Å². The van der Waals surface area contributed by atoms with Crippen LogP contribution >= 0.6 is 0 Å². The first-order chi connectivity index (χ1) is 8.54. The summed E-state index contributed by atoms with van der Waals surface area (Å²) in [5.74, 6) is 0.771. The van der Waals surface area contributed by atoms with Gasteiger partial charge in [0.2, 0.25) is 5.91 Å². The summed E-state index contributed by atoms with van der Waals surface area (Å²) in [6.45, 7) is 11.8. The average molecular weight is 255 g/mol. The fraction of sp³-hybridized carbons (Fsp3) is 0.929. The van der Waals surface area contributed by atoms with Gasteiger partial charge in [-0.3, -0.25) is 9.69 Å². The summed E-state index contributed by atoms with van der Waals surface area (Å²) in [5, 5.41) is 3.08. The third-order valence-corrected chi connectivity index (χ3v) is 3.76. The fourth-order valence-electron chi connectivity index (χ4n) is 2.47. The van der Waals surface area contributed by atoms with E-state index in [1.54, 1.807) is 0 Å². The molecule has 0 spiro atoms. The molecule has 0 aromatic heterocycles. The lowest BCUT2D eigenvalue weighted by atomic mass is 10.0. The van der Waals surface area contributed by atoms with Crippen molar-refractivity contribution in [1.29, 1.82) is 0 Å². The molecule has 0 saturated carbocycles. The minimum absolute atomic E-state index is 0.192. The maximum Gasteiger partial charge on any atom is 0.220 e. The van der Waals surface area contributed by atoms with Gasteiger partial charge in [-0.1, -0.05) is 20.8 Å². The van der Waals surface area contributed by atoms with E-state index in [4.69, 9.17) is 0 Å². The molecule has 1 amide bonds. The highest BCUT2D eigenvalue weighted by Gasteiger charge is 2.25. The molecule has 1 aliphatic rings. The molecule has 1 N–H and O–H groups in total. The molecule has 0 aliphatic carbocycles. The number of hydrogen-bond acceptors (Lipinski definition) is 3. The summed E-state index contributed by atoms with van der Waals surface area (Å²) < 4.78 is 0. The SMILES string of the molecule is CCCC(=O)NCC(C(C)C)N1CCN(C)CC1. The molecule has 4 nitrogen and oxygen atoms in total. The van der Waals surface area contributed by atoms with Crippen LogP contribution in [0.25, 0.3) is 0 Å². The second kappa shape index (κ2) is 7.74. The van der Waals surface area contributed by atoms with Gasteiger partial charge in [0.05, 0.1) is 0 Å². The summed E-state index contributed by atoms with van der Waals surface area (Å²) >= 11 is 0. The Balaban J connectivity index is 2.42. The number of carbonyl (C=O) groups excluding carboxylic acids is 1. The van der Waals surface area contributed by atoms with Crippen molar-refractivity contribution < 1.29 is 4.79 Å². The second-order valence-corrected chi connectivity index (χ2v) is 5.70. The van der Waals surface area contributed by atoms with Crippen molar-refractivity contribution in [2.24, 2.45) is 5.92 Å². The first-order valence-corrected chi connectivity index (χ1v) is 7.23. The Bertz CT molecular complexity index is 247. The summed E-state index contributed by atoms with van der Waals surface area (Å²) in [6, 6.07) is 0.472. The maximum atomic E-state index is 11.6. The van der Waals surface area contributed by atoms with E-state index in [1.165, 1.54) is 0 Å². The zero-order valence-electron chi connectivity index (χ0n) is 12.4. The Morgan fingerprint density at radius 3 is 2.33 bits per heavy atom. The van der Waals surface area contributed by atoms with Crippen molar-refractivity contribution in [3.05, 3.63) is 0 Å². The third kappa shape index (κ3) is 4.94. The Labute approximate surface area is 112 Å². The van der Waals surface area contributed by atoms with E-state index in [-0.39, 0.29) is 5.91 Å². The van der Waals surface area contributed by atoms with E-state index in [0.717, 1.165) is 39.1 Å². The summed E-state index contributed by atoms with van der Waals surface area (Å²) in [5.41, 5.74) is 0. The van der Waals surface area contributed by atoms with Gasteiger partial charge in [-0.2, -0.15) is 0 Å². The highest BCUT2D eigenvalue weighted by molar-refractivity contribution is 5.75. The zero-order chi connectivity index (χ0) is 13.5. The molecule has 0 radical (unpaired) electrons. The van der Waals surface area contributed by atoms with Crippen molar-refractivity contribution >= 4 is 5.91 Å². The largest absolute Gasteiger partial charge is 0.355 e. The molecule has 106 valence electrons. The van der Waals surface area contributed by atoms with Crippen LogP contribution < -0.4 is 5.32 Å². The lowest BCUT2D eigenvalue weighted by Crippen LogP contribution is -2.54. The first kappa shape index (κ1) is 15.4. The molecule has 18 heavy (non-hydrogen) atoms. The molecular weight excluding hydrogens is 226 g/mol. The number of hydrogen-bond donors (Lipinski definition) is 1. The van der Waals surface area contributed by atoms with Crippen LogP contribution in [0.15, 0.2) is 0 Å². The van der Waals surface area contributed by atoms with Crippen molar-refractivity contribution in [1.82, 2.24) is 15.1 Å².